The van der Waals surface area contributed by atoms with Gasteiger partial charge in [-0.1, -0.05) is 19.3 Å². The van der Waals surface area contributed by atoms with Crippen molar-refractivity contribution in [2.75, 3.05) is 7.05 Å². The normalized spacial score (nSPS) is 17.8. The van der Waals surface area contributed by atoms with Crippen molar-refractivity contribution < 1.29 is 0 Å². The molecule has 0 amide bonds. The van der Waals surface area contributed by atoms with Crippen LogP contribution in [0.15, 0.2) is 6.20 Å². The van der Waals surface area contributed by atoms with Gasteiger partial charge in [0.25, 0.3) is 0 Å². The van der Waals surface area contributed by atoms with Crippen LogP contribution in [0.3, 0.4) is 0 Å². The van der Waals surface area contributed by atoms with Gasteiger partial charge in [-0.15, -0.1) is 0 Å². The van der Waals surface area contributed by atoms with Crippen molar-refractivity contribution in [3.63, 3.8) is 0 Å². The van der Waals surface area contributed by atoms with Gasteiger partial charge >= 0.3 is 0 Å². The topological polar surface area (TPSA) is 40.7 Å². The van der Waals surface area contributed by atoms with Crippen LogP contribution in [0.4, 0.5) is 0 Å². The van der Waals surface area contributed by atoms with Crippen LogP contribution in [0.5, 0.6) is 0 Å². The van der Waals surface area contributed by atoms with Crippen LogP contribution in [0, 0.1) is 0 Å². The Morgan fingerprint density at radius 3 is 3.00 bits per heavy atom. The Balaban J connectivity index is 1.75. The summed E-state index contributed by atoms with van der Waals surface area (Å²) in [6.07, 6.45) is 9.00. The summed E-state index contributed by atoms with van der Waals surface area (Å²) in [5, 5.41) is 3.99. The van der Waals surface area contributed by atoms with E-state index in [2.05, 4.69) is 27.0 Å². The van der Waals surface area contributed by atoms with Crippen LogP contribution in [-0.2, 0) is 12.3 Å². The summed E-state index contributed by atoms with van der Waals surface area (Å²) < 4.78 is 0. The number of thioether (sulfide) groups is 1. The fourth-order valence-electron chi connectivity index (χ4n) is 2.19. The fraction of sp³-hybridized carbons (Fsp3) is 0.750. The van der Waals surface area contributed by atoms with Crippen molar-refractivity contribution in [3.8, 4) is 0 Å². The predicted molar refractivity (Wildman–Crippen MR) is 69.5 cm³/mol. The second-order valence-corrected chi connectivity index (χ2v) is 5.75. The first-order valence-electron chi connectivity index (χ1n) is 6.17. The summed E-state index contributed by atoms with van der Waals surface area (Å²) in [5.41, 5.74) is 1.18. The van der Waals surface area contributed by atoms with Crippen molar-refractivity contribution >= 4 is 11.8 Å². The Morgan fingerprint density at radius 1 is 1.44 bits per heavy atom. The highest BCUT2D eigenvalue weighted by Crippen LogP contribution is 2.29. The van der Waals surface area contributed by atoms with E-state index >= 15 is 0 Å². The van der Waals surface area contributed by atoms with Gasteiger partial charge in [-0.2, -0.15) is 11.8 Å². The molecule has 1 aromatic rings. The van der Waals surface area contributed by atoms with E-state index in [1.54, 1.807) is 0 Å². The summed E-state index contributed by atoms with van der Waals surface area (Å²) in [7, 11) is 1.96. The van der Waals surface area contributed by atoms with E-state index in [0.29, 0.717) is 0 Å². The Labute approximate surface area is 102 Å². The summed E-state index contributed by atoms with van der Waals surface area (Å²) >= 11 is 2.07. The third-order valence-corrected chi connectivity index (χ3v) is 4.44. The maximum absolute atomic E-state index is 4.40. The molecule has 0 aromatic carbocycles. The fourth-order valence-corrected chi connectivity index (χ4v) is 3.39. The quantitative estimate of drug-likeness (QED) is 0.830. The Morgan fingerprint density at radius 2 is 2.25 bits per heavy atom. The van der Waals surface area contributed by atoms with Crippen LogP contribution in [-0.4, -0.2) is 22.3 Å². The molecule has 16 heavy (non-hydrogen) atoms. The number of H-pyrrole nitrogens is 1. The van der Waals surface area contributed by atoms with Crippen LogP contribution < -0.4 is 5.32 Å². The van der Waals surface area contributed by atoms with Crippen LogP contribution >= 0.6 is 11.8 Å². The highest BCUT2D eigenvalue weighted by molar-refractivity contribution is 7.99. The SMILES string of the molecule is CNCc1cnc(CSC2CCCCC2)[nH]1. The predicted octanol–water partition coefficient (Wildman–Crippen LogP) is 2.70. The molecule has 1 aromatic heterocycles. The molecule has 1 aliphatic rings. The maximum atomic E-state index is 4.40. The second-order valence-electron chi connectivity index (χ2n) is 4.46. The minimum Gasteiger partial charge on any atom is -0.344 e. The van der Waals surface area contributed by atoms with Crippen LogP contribution in [0.2, 0.25) is 0 Å². The van der Waals surface area contributed by atoms with Crippen molar-refractivity contribution in [1.29, 1.82) is 0 Å². The van der Waals surface area contributed by atoms with E-state index in [1.165, 1.54) is 37.8 Å². The molecular formula is C12H21N3S. The number of imidazole rings is 1. The van der Waals surface area contributed by atoms with Gasteiger partial charge in [0, 0.05) is 23.7 Å². The van der Waals surface area contributed by atoms with Crippen LogP contribution in [0.1, 0.15) is 43.6 Å². The van der Waals surface area contributed by atoms with Gasteiger partial charge in [0.05, 0.1) is 5.75 Å². The highest BCUT2D eigenvalue weighted by atomic mass is 32.2. The molecule has 4 heteroatoms. The standard InChI is InChI=1S/C12H21N3S/c1-13-7-10-8-14-12(15-10)9-16-11-5-3-2-4-6-11/h8,11,13H,2-7,9H2,1H3,(H,14,15). The summed E-state index contributed by atoms with van der Waals surface area (Å²) in [4.78, 5) is 7.76. The Hall–Kier alpha value is -0.480. The highest BCUT2D eigenvalue weighted by Gasteiger charge is 2.14. The lowest BCUT2D eigenvalue weighted by atomic mass is 10.0. The van der Waals surface area contributed by atoms with Gasteiger partial charge in [0.2, 0.25) is 0 Å². The zero-order valence-corrected chi connectivity index (χ0v) is 10.8. The summed E-state index contributed by atoms with van der Waals surface area (Å²) in [5.74, 6) is 2.16. The molecule has 1 aliphatic carbocycles. The van der Waals surface area contributed by atoms with E-state index in [-0.39, 0.29) is 0 Å². The number of nitrogens with one attached hydrogen (secondary N) is 2. The monoisotopic (exact) mass is 239 g/mol. The Kier molecular flexibility index (Phi) is 4.72. The maximum Gasteiger partial charge on any atom is 0.116 e. The van der Waals surface area contributed by atoms with Gasteiger partial charge in [-0.3, -0.25) is 0 Å². The van der Waals surface area contributed by atoms with E-state index < -0.39 is 0 Å². The van der Waals surface area contributed by atoms with Gasteiger partial charge < -0.3 is 10.3 Å². The molecular weight excluding hydrogens is 218 g/mol. The second kappa shape index (κ2) is 6.30. The third-order valence-electron chi connectivity index (χ3n) is 3.06. The number of aromatic nitrogens is 2. The molecule has 2 rings (SSSR count). The zero-order chi connectivity index (χ0) is 11.2. The van der Waals surface area contributed by atoms with Gasteiger partial charge in [0.15, 0.2) is 0 Å². The minimum atomic E-state index is 0.867. The average Bonchev–Trinajstić information content (AvgIpc) is 2.76. The molecule has 1 heterocycles. The third kappa shape index (κ3) is 3.52. The molecule has 0 atom stereocenters. The smallest absolute Gasteiger partial charge is 0.116 e. The van der Waals surface area contributed by atoms with Crippen molar-refractivity contribution in [2.24, 2.45) is 0 Å². The number of rotatable bonds is 5. The van der Waals surface area contributed by atoms with Gasteiger partial charge in [0.1, 0.15) is 5.82 Å². The molecule has 1 fully saturated rings. The molecule has 0 aliphatic heterocycles. The van der Waals surface area contributed by atoms with E-state index in [1.807, 2.05) is 13.2 Å². The lowest BCUT2D eigenvalue weighted by Gasteiger charge is -2.20. The summed E-state index contributed by atoms with van der Waals surface area (Å²) in [6.45, 7) is 0.876. The molecule has 0 unspecified atom stereocenters. The largest absolute Gasteiger partial charge is 0.344 e. The molecule has 0 radical (unpaired) electrons. The molecule has 0 spiro atoms. The van der Waals surface area contributed by atoms with Crippen LogP contribution in [0.25, 0.3) is 0 Å². The lowest BCUT2D eigenvalue weighted by molar-refractivity contribution is 0.516. The number of hydrogen-bond donors (Lipinski definition) is 2. The molecule has 3 nitrogen and oxygen atoms in total. The molecule has 2 N–H and O–H groups in total. The zero-order valence-electron chi connectivity index (χ0n) is 9.96. The summed E-state index contributed by atoms with van der Waals surface area (Å²) in [6, 6.07) is 0. The van der Waals surface area contributed by atoms with Crippen molar-refractivity contribution in [2.45, 2.75) is 49.7 Å². The number of nitrogens with zero attached hydrogens (tertiary/aromatic N) is 1. The Bertz CT molecular complexity index is 305. The lowest BCUT2D eigenvalue weighted by Crippen LogP contribution is -2.08. The first-order chi connectivity index (χ1) is 7.88. The van der Waals surface area contributed by atoms with E-state index in [9.17, 15) is 0 Å². The molecule has 90 valence electrons. The first-order valence-corrected chi connectivity index (χ1v) is 7.22. The number of hydrogen-bond acceptors (Lipinski definition) is 3. The van der Waals surface area contributed by atoms with Gasteiger partial charge in [-0.05, 0) is 19.9 Å². The molecule has 1 saturated carbocycles. The molecule has 0 saturated heterocycles. The first kappa shape index (κ1) is 12.0. The minimum absolute atomic E-state index is 0.867. The average molecular weight is 239 g/mol. The molecule has 0 bridgehead atoms. The number of aromatic amines is 1. The van der Waals surface area contributed by atoms with E-state index in [0.717, 1.165) is 23.4 Å². The van der Waals surface area contributed by atoms with Gasteiger partial charge in [-0.25, -0.2) is 4.98 Å². The van der Waals surface area contributed by atoms with E-state index in [4.69, 9.17) is 0 Å². The van der Waals surface area contributed by atoms with Crippen molar-refractivity contribution in [3.05, 3.63) is 17.7 Å². The van der Waals surface area contributed by atoms with Crippen molar-refractivity contribution in [1.82, 2.24) is 15.3 Å².